The van der Waals surface area contributed by atoms with Crippen molar-refractivity contribution in [1.82, 2.24) is 15.2 Å². The largest absolute Gasteiger partial charge is 0.496 e. The number of pyridine rings is 1. The van der Waals surface area contributed by atoms with Gasteiger partial charge in [0.2, 0.25) is 0 Å². The number of benzene rings is 1. The molecule has 32 heavy (non-hydrogen) atoms. The van der Waals surface area contributed by atoms with Crippen LogP contribution in [0, 0.1) is 0 Å². The zero-order valence-corrected chi connectivity index (χ0v) is 19.6. The van der Waals surface area contributed by atoms with E-state index >= 15 is 0 Å². The number of carbonyl (C=O) groups excluding carboxylic acids is 1. The summed E-state index contributed by atoms with van der Waals surface area (Å²) in [5.74, 6) is 1.24. The summed E-state index contributed by atoms with van der Waals surface area (Å²) in [5, 5.41) is 6.90. The molecule has 0 bridgehead atoms. The first kappa shape index (κ1) is 23.9. The van der Waals surface area contributed by atoms with E-state index < -0.39 is 0 Å². The summed E-state index contributed by atoms with van der Waals surface area (Å²) in [4.78, 5) is 19.3. The standard InChI is InChI=1S/C25H37N5O2/c1-4-6-20(7-5-2)28-22-16-21(29-24(26)17-22)14-18-8-9-19(15-23(18)32-3)25(31)30-12-10-27-11-13-30/h8-9,15-17,20,27H,4-7,10-14H2,1-3H3,(H3,26,28,29). The van der Waals surface area contributed by atoms with Crippen molar-refractivity contribution in [2.75, 3.05) is 44.3 Å². The number of nitrogens with zero attached hydrogens (tertiary/aromatic N) is 2. The third kappa shape index (κ3) is 6.36. The molecule has 0 radical (unpaired) electrons. The van der Waals surface area contributed by atoms with Crippen LogP contribution < -0.4 is 21.1 Å². The van der Waals surface area contributed by atoms with Crippen LogP contribution in [0.3, 0.4) is 0 Å². The number of piperazine rings is 1. The maximum atomic E-state index is 12.8. The lowest BCUT2D eigenvalue weighted by Crippen LogP contribution is -2.46. The van der Waals surface area contributed by atoms with E-state index in [-0.39, 0.29) is 5.91 Å². The molecule has 1 amide bonds. The number of nitrogens with one attached hydrogen (secondary N) is 2. The Bertz CT molecular complexity index is 890. The third-order valence-corrected chi connectivity index (χ3v) is 5.85. The Balaban J connectivity index is 1.77. The second-order valence-corrected chi connectivity index (χ2v) is 8.44. The van der Waals surface area contributed by atoms with Gasteiger partial charge in [-0.1, -0.05) is 32.8 Å². The van der Waals surface area contributed by atoms with Crippen molar-refractivity contribution >= 4 is 17.4 Å². The van der Waals surface area contributed by atoms with Crippen molar-refractivity contribution in [3.63, 3.8) is 0 Å². The molecule has 3 rings (SSSR count). The first-order valence-corrected chi connectivity index (χ1v) is 11.7. The summed E-state index contributed by atoms with van der Waals surface area (Å²) in [6, 6.07) is 10.1. The Morgan fingerprint density at radius 3 is 2.56 bits per heavy atom. The van der Waals surface area contributed by atoms with Gasteiger partial charge in [-0.15, -0.1) is 0 Å². The lowest BCUT2D eigenvalue weighted by molar-refractivity contribution is 0.0735. The summed E-state index contributed by atoms with van der Waals surface area (Å²) in [7, 11) is 1.64. The number of rotatable bonds is 10. The number of aromatic nitrogens is 1. The quantitative estimate of drug-likeness (QED) is 0.523. The lowest BCUT2D eigenvalue weighted by Gasteiger charge is -2.27. The van der Waals surface area contributed by atoms with Gasteiger partial charge >= 0.3 is 0 Å². The molecule has 1 aliphatic heterocycles. The molecule has 1 aliphatic rings. The van der Waals surface area contributed by atoms with Gasteiger partial charge in [-0.25, -0.2) is 4.98 Å². The first-order valence-electron chi connectivity index (χ1n) is 11.7. The van der Waals surface area contributed by atoms with Gasteiger partial charge in [0.15, 0.2) is 0 Å². The molecule has 1 saturated heterocycles. The average Bonchev–Trinajstić information content (AvgIpc) is 2.79. The van der Waals surface area contributed by atoms with Crippen LogP contribution in [0.2, 0.25) is 0 Å². The van der Waals surface area contributed by atoms with Crippen molar-refractivity contribution in [2.45, 2.75) is 52.0 Å². The van der Waals surface area contributed by atoms with E-state index in [0.717, 1.165) is 68.8 Å². The summed E-state index contributed by atoms with van der Waals surface area (Å²) < 4.78 is 5.63. The van der Waals surface area contributed by atoms with Crippen LogP contribution in [0.1, 0.15) is 61.1 Å². The van der Waals surface area contributed by atoms with E-state index in [1.54, 1.807) is 7.11 Å². The molecule has 1 aromatic heterocycles. The number of methoxy groups -OCH3 is 1. The highest BCUT2D eigenvalue weighted by Crippen LogP contribution is 2.26. The molecule has 0 spiro atoms. The molecule has 2 heterocycles. The molecule has 0 aliphatic carbocycles. The Hall–Kier alpha value is -2.80. The Morgan fingerprint density at radius 1 is 1.19 bits per heavy atom. The van der Waals surface area contributed by atoms with E-state index in [4.69, 9.17) is 10.5 Å². The highest BCUT2D eigenvalue weighted by molar-refractivity contribution is 5.94. The minimum absolute atomic E-state index is 0.0443. The van der Waals surface area contributed by atoms with Crippen LogP contribution in [0.25, 0.3) is 0 Å². The van der Waals surface area contributed by atoms with Crippen molar-refractivity contribution in [3.8, 4) is 5.75 Å². The zero-order chi connectivity index (χ0) is 22.9. The van der Waals surface area contributed by atoms with Gasteiger partial charge < -0.3 is 26.0 Å². The predicted octanol–water partition coefficient (Wildman–Crippen LogP) is 3.69. The van der Waals surface area contributed by atoms with E-state index in [2.05, 4.69) is 35.5 Å². The van der Waals surface area contributed by atoms with E-state index in [1.165, 1.54) is 0 Å². The molecular formula is C25H37N5O2. The van der Waals surface area contributed by atoms with Gasteiger partial charge in [0.05, 0.1) is 7.11 Å². The molecule has 0 unspecified atom stereocenters. The maximum absolute atomic E-state index is 12.8. The van der Waals surface area contributed by atoms with E-state index in [1.807, 2.05) is 29.2 Å². The Labute approximate surface area is 191 Å². The van der Waals surface area contributed by atoms with E-state index in [0.29, 0.717) is 29.6 Å². The van der Waals surface area contributed by atoms with Gasteiger partial charge in [-0.3, -0.25) is 4.79 Å². The third-order valence-electron chi connectivity index (χ3n) is 5.85. The fourth-order valence-electron chi connectivity index (χ4n) is 4.28. The zero-order valence-electron chi connectivity index (χ0n) is 19.6. The molecule has 0 atom stereocenters. The van der Waals surface area contributed by atoms with Crippen LogP contribution in [-0.2, 0) is 6.42 Å². The summed E-state index contributed by atoms with van der Waals surface area (Å²) in [6.45, 7) is 7.52. The van der Waals surface area contributed by atoms with Crippen LogP contribution in [-0.4, -0.2) is 55.1 Å². The first-order chi connectivity index (χ1) is 15.5. The van der Waals surface area contributed by atoms with Crippen molar-refractivity contribution in [3.05, 3.63) is 47.2 Å². The topological polar surface area (TPSA) is 92.5 Å². The average molecular weight is 440 g/mol. The van der Waals surface area contributed by atoms with Gasteiger partial charge in [0.25, 0.3) is 5.91 Å². The van der Waals surface area contributed by atoms with E-state index in [9.17, 15) is 4.79 Å². The van der Waals surface area contributed by atoms with Crippen LogP contribution in [0.4, 0.5) is 11.5 Å². The number of nitrogens with two attached hydrogens (primary N) is 1. The molecule has 7 nitrogen and oxygen atoms in total. The minimum atomic E-state index is 0.0443. The molecule has 0 saturated carbocycles. The van der Waals surface area contributed by atoms with Crippen LogP contribution in [0.5, 0.6) is 5.75 Å². The van der Waals surface area contributed by atoms with Crippen LogP contribution in [0.15, 0.2) is 30.3 Å². The van der Waals surface area contributed by atoms with Gasteiger partial charge in [-0.05, 0) is 31.0 Å². The van der Waals surface area contributed by atoms with Crippen molar-refractivity contribution in [2.24, 2.45) is 0 Å². The molecule has 2 aromatic rings. The predicted molar refractivity (Wildman–Crippen MR) is 130 cm³/mol. The second kappa shape index (κ2) is 11.7. The molecule has 174 valence electrons. The molecule has 1 fully saturated rings. The number of anilines is 2. The number of hydrogen-bond acceptors (Lipinski definition) is 6. The van der Waals surface area contributed by atoms with Gasteiger partial charge in [-0.2, -0.15) is 0 Å². The fraction of sp³-hybridized carbons (Fsp3) is 0.520. The number of nitrogen functional groups attached to an aromatic ring is 1. The Morgan fingerprint density at radius 2 is 1.91 bits per heavy atom. The van der Waals surface area contributed by atoms with Crippen molar-refractivity contribution in [1.29, 1.82) is 0 Å². The van der Waals surface area contributed by atoms with Gasteiger partial charge in [0, 0.05) is 67.2 Å². The molecule has 1 aromatic carbocycles. The number of ether oxygens (including phenoxy) is 1. The lowest BCUT2D eigenvalue weighted by atomic mass is 10.0. The smallest absolute Gasteiger partial charge is 0.254 e. The van der Waals surface area contributed by atoms with Crippen LogP contribution >= 0.6 is 0 Å². The summed E-state index contributed by atoms with van der Waals surface area (Å²) in [5.41, 5.74) is 9.62. The Kier molecular flexibility index (Phi) is 8.73. The number of amides is 1. The molecular weight excluding hydrogens is 402 g/mol. The number of hydrogen-bond donors (Lipinski definition) is 3. The summed E-state index contributed by atoms with van der Waals surface area (Å²) >= 11 is 0. The normalized spacial score (nSPS) is 13.9. The fourth-order valence-corrected chi connectivity index (χ4v) is 4.28. The van der Waals surface area contributed by atoms with Crippen molar-refractivity contribution < 1.29 is 9.53 Å². The highest BCUT2D eigenvalue weighted by atomic mass is 16.5. The summed E-state index contributed by atoms with van der Waals surface area (Å²) in [6.07, 6.45) is 5.11. The van der Waals surface area contributed by atoms with Gasteiger partial charge in [0.1, 0.15) is 11.6 Å². The monoisotopic (exact) mass is 439 g/mol. The highest BCUT2D eigenvalue weighted by Gasteiger charge is 2.19. The minimum Gasteiger partial charge on any atom is -0.496 e. The number of carbonyl (C=O) groups is 1. The SMILES string of the molecule is CCCC(CCC)Nc1cc(N)nc(Cc2ccc(C(=O)N3CCNCC3)cc2OC)c1. The second-order valence-electron chi connectivity index (χ2n) is 8.44. The molecule has 4 N–H and O–H groups in total. The molecule has 7 heteroatoms. The maximum Gasteiger partial charge on any atom is 0.254 e.